The van der Waals surface area contributed by atoms with Crippen molar-refractivity contribution >= 4 is 34.8 Å². The lowest BCUT2D eigenvalue weighted by atomic mass is 10.1. The van der Waals surface area contributed by atoms with Crippen LogP contribution < -0.4 is 21.5 Å². The minimum Gasteiger partial charge on any atom is -0.390 e. The van der Waals surface area contributed by atoms with Crippen molar-refractivity contribution in [3.05, 3.63) is 53.0 Å². The zero-order valence-electron chi connectivity index (χ0n) is 13.7. The lowest BCUT2D eigenvalue weighted by Gasteiger charge is -2.09. The van der Waals surface area contributed by atoms with Crippen molar-refractivity contribution in [2.24, 2.45) is 5.73 Å². The van der Waals surface area contributed by atoms with Gasteiger partial charge in [0.15, 0.2) is 0 Å². The molecule has 8 nitrogen and oxygen atoms in total. The van der Waals surface area contributed by atoms with Gasteiger partial charge in [-0.25, -0.2) is 14.8 Å². The van der Waals surface area contributed by atoms with Crippen LogP contribution in [0.2, 0.25) is 0 Å². The molecule has 0 bridgehead atoms. The van der Waals surface area contributed by atoms with E-state index < -0.39 is 12.0 Å². The maximum absolute atomic E-state index is 12.1. The summed E-state index contributed by atoms with van der Waals surface area (Å²) in [6.45, 7) is 1.83. The van der Waals surface area contributed by atoms with E-state index in [0.717, 1.165) is 11.1 Å². The number of amides is 2. The number of pyridine rings is 1. The summed E-state index contributed by atoms with van der Waals surface area (Å²) in [5.74, 6) is -0.107. The lowest BCUT2D eigenvalue weighted by molar-refractivity contribution is 0.100. The molecule has 132 valence electrons. The molecule has 0 saturated heterocycles. The fraction of sp³-hybridized carbons (Fsp3) is 0.0588. The van der Waals surface area contributed by atoms with Crippen LogP contribution in [0.15, 0.2) is 41.9 Å². The van der Waals surface area contributed by atoms with Crippen LogP contribution in [0.25, 0.3) is 10.6 Å². The smallest absolute Gasteiger partial charge is 0.390 e. The molecule has 9 heteroatoms. The van der Waals surface area contributed by atoms with Gasteiger partial charge in [-0.15, -0.1) is 11.3 Å². The summed E-state index contributed by atoms with van der Waals surface area (Å²) in [4.78, 5) is 31.8. The van der Waals surface area contributed by atoms with E-state index in [4.69, 9.17) is 16.2 Å². The first kappa shape index (κ1) is 17.4. The zero-order valence-corrected chi connectivity index (χ0v) is 14.5. The van der Waals surface area contributed by atoms with Gasteiger partial charge < -0.3 is 16.2 Å². The third-order valence-electron chi connectivity index (χ3n) is 3.39. The number of nitrogens with two attached hydrogens (primary N) is 2. The van der Waals surface area contributed by atoms with E-state index in [2.05, 4.69) is 15.3 Å². The molecule has 1 aromatic carbocycles. The van der Waals surface area contributed by atoms with Gasteiger partial charge in [0.2, 0.25) is 5.88 Å². The van der Waals surface area contributed by atoms with Gasteiger partial charge in [0.25, 0.3) is 5.91 Å². The topological polar surface area (TPSA) is 133 Å². The van der Waals surface area contributed by atoms with Crippen molar-refractivity contribution < 1.29 is 14.3 Å². The van der Waals surface area contributed by atoms with Gasteiger partial charge in [-0.2, -0.15) is 0 Å². The molecule has 2 amide bonds. The highest BCUT2D eigenvalue weighted by molar-refractivity contribution is 7.13. The lowest BCUT2D eigenvalue weighted by Crippen LogP contribution is -2.21. The summed E-state index contributed by atoms with van der Waals surface area (Å²) in [6, 6.07) is 8.34. The maximum atomic E-state index is 12.1. The number of nitrogen functional groups attached to an aromatic ring is 1. The van der Waals surface area contributed by atoms with E-state index in [0.29, 0.717) is 10.8 Å². The summed E-state index contributed by atoms with van der Waals surface area (Å²) >= 11 is 1.30. The molecule has 0 aliphatic rings. The Labute approximate surface area is 152 Å². The number of hydrogen-bond acceptors (Lipinski definition) is 7. The van der Waals surface area contributed by atoms with Crippen molar-refractivity contribution in [3.8, 4) is 16.5 Å². The molecule has 0 aliphatic heterocycles. The molecule has 2 aromatic heterocycles. The largest absolute Gasteiger partial charge is 0.418 e. The van der Waals surface area contributed by atoms with Gasteiger partial charge in [0.05, 0.1) is 16.6 Å². The normalized spacial score (nSPS) is 10.3. The Hall–Kier alpha value is -3.46. The van der Waals surface area contributed by atoms with E-state index in [-0.39, 0.29) is 17.1 Å². The highest BCUT2D eigenvalue weighted by atomic mass is 32.1. The number of nitrogens with one attached hydrogen (secondary N) is 1. The number of benzene rings is 1. The Kier molecular flexibility index (Phi) is 4.81. The van der Waals surface area contributed by atoms with Gasteiger partial charge in [-0.05, 0) is 36.8 Å². The molecule has 0 fully saturated rings. The van der Waals surface area contributed by atoms with Crippen molar-refractivity contribution in [1.82, 2.24) is 9.97 Å². The molecule has 0 atom stereocenters. The molecule has 3 aromatic rings. The predicted octanol–water partition coefficient (Wildman–Crippen LogP) is 2.81. The summed E-state index contributed by atoms with van der Waals surface area (Å²) in [5, 5.41) is 4.74. The Morgan fingerprint density at radius 1 is 1.23 bits per heavy atom. The minimum absolute atomic E-state index is 0.132. The van der Waals surface area contributed by atoms with Crippen molar-refractivity contribution in [2.45, 2.75) is 6.92 Å². The van der Waals surface area contributed by atoms with Crippen molar-refractivity contribution in [3.63, 3.8) is 0 Å². The molecule has 0 unspecified atom stereocenters. The monoisotopic (exact) mass is 369 g/mol. The molecule has 0 spiro atoms. The number of hydrogen-bond donors (Lipinski definition) is 3. The Balaban J connectivity index is 1.72. The molecule has 5 N–H and O–H groups in total. The quantitative estimate of drug-likeness (QED) is 0.647. The fourth-order valence-electron chi connectivity index (χ4n) is 2.18. The van der Waals surface area contributed by atoms with Gasteiger partial charge in [0.1, 0.15) is 10.8 Å². The SMILES string of the molecule is Cc1ccc(C(N)=O)c(NC(=O)Oc2csc(-c3ccc(N)nc3)n2)c1. The Morgan fingerprint density at radius 3 is 2.73 bits per heavy atom. The van der Waals surface area contributed by atoms with Gasteiger partial charge in [-0.1, -0.05) is 6.07 Å². The number of carbonyl (C=O) groups is 2. The van der Waals surface area contributed by atoms with Gasteiger partial charge in [0, 0.05) is 11.8 Å². The predicted molar refractivity (Wildman–Crippen MR) is 99.1 cm³/mol. The highest BCUT2D eigenvalue weighted by Crippen LogP contribution is 2.27. The standard InChI is InChI=1S/C17H15N5O3S/c1-9-2-4-11(15(19)23)12(6-9)21-17(24)25-14-8-26-16(22-14)10-3-5-13(18)20-7-10/h2-8H,1H3,(H2,18,20)(H2,19,23)(H,21,24). The van der Waals surface area contributed by atoms with E-state index in [1.807, 2.05) is 6.92 Å². The van der Waals surface area contributed by atoms with Crippen LogP contribution in [-0.2, 0) is 0 Å². The van der Waals surface area contributed by atoms with E-state index in [9.17, 15) is 9.59 Å². The van der Waals surface area contributed by atoms with Gasteiger partial charge in [-0.3, -0.25) is 10.1 Å². The molecular weight excluding hydrogens is 354 g/mol. The number of nitrogens with zero attached hydrogens (tertiary/aromatic N) is 2. The van der Waals surface area contributed by atoms with Crippen molar-refractivity contribution in [1.29, 1.82) is 0 Å². The molecule has 3 rings (SSSR count). The first-order valence-electron chi connectivity index (χ1n) is 7.49. The number of anilines is 2. The summed E-state index contributed by atoms with van der Waals surface area (Å²) in [6.07, 6.45) is 0.814. The minimum atomic E-state index is -0.773. The third kappa shape index (κ3) is 3.95. The summed E-state index contributed by atoms with van der Waals surface area (Å²) in [5.41, 5.74) is 13.0. The van der Waals surface area contributed by atoms with E-state index >= 15 is 0 Å². The number of aromatic nitrogens is 2. The second-order valence-corrected chi connectivity index (χ2v) is 6.25. The van der Waals surface area contributed by atoms with Crippen LogP contribution in [-0.4, -0.2) is 22.0 Å². The number of ether oxygens (including phenoxy) is 1. The molecular formula is C17H15N5O3S. The second kappa shape index (κ2) is 7.19. The van der Waals surface area contributed by atoms with E-state index in [1.165, 1.54) is 11.3 Å². The zero-order chi connectivity index (χ0) is 18.7. The highest BCUT2D eigenvalue weighted by Gasteiger charge is 2.14. The van der Waals surface area contributed by atoms with Crippen molar-refractivity contribution in [2.75, 3.05) is 11.1 Å². The van der Waals surface area contributed by atoms with Gasteiger partial charge >= 0.3 is 6.09 Å². The van der Waals surface area contributed by atoms with Crippen LogP contribution in [0.5, 0.6) is 5.88 Å². The molecule has 0 radical (unpaired) electrons. The number of primary amides is 1. The average Bonchev–Trinajstić information content (AvgIpc) is 3.03. The van der Waals surface area contributed by atoms with Crippen LogP contribution in [0, 0.1) is 6.92 Å². The molecule has 0 saturated carbocycles. The van der Waals surface area contributed by atoms with Crippen LogP contribution in [0.4, 0.5) is 16.3 Å². The second-order valence-electron chi connectivity index (χ2n) is 5.39. The summed E-state index contributed by atoms with van der Waals surface area (Å²) < 4.78 is 5.17. The van der Waals surface area contributed by atoms with Crippen LogP contribution in [0.3, 0.4) is 0 Å². The molecule has 26 heavy (non-hydrogen) atoms. The fourth-order valence-corrected chi connectivity index (χ4v) is 2.89. The average molecular weight is 369 g/mol. The molecule has 2 heterocycles. The van der Waals surface area contributed by atoms with E-state index in [1.54, 1.807) is 41.9 Å². The summed E-state index contributed by atoms with van der Waals surface area (Å²) in [7, 11) is 0. The number of rotatable bonds is 4. The first-order valence-corrected chi connectivity index (χ1v) is 8.37. The number of thiazole rings is 1. The third-order valence-corrected chi connectivity index (χ3v) is 4.26. The van der Waals surface area contributed by atoms with Crippen LogP contribution >= 0.6 is 11.3 Å². The Bertz CT molecular complexity index is 969. The Morgan fingerprint density at radius 2 is 2.04 bits per heavy atom. The maximum Gasteiger partial charge on any atom is 0.418 e. The van der Waals surface area contributed by atoms with Crippen LogP contribution in [0.1, 0.15) is 15.9 Å². The first-order chi connectivity index (χ1) is 12.4. The number of carbonyl (C=O) groups excluding carboxylic acids is 2. The molecule has 0 aliphatic carbocycles. The number of aryl methyl sites for hydroxylation is 1.